The Kier molecular flexibility index (Phi) is 3.77. The molecule has 0 spiro atoms. The largest absolute Gasteiger partial charge is 0.373 e. The van der Waals surface area contributed by atoms with Crippen LogP contribution in [0.3, 0.4) is 0 Å². The van der Waals surface area contributed by atoms with Gasteiger partial charge in [0.2, 0.25) is 0 Å². The third kappa shape index (κ3) is 3.11. The van der Waals surface area contributed by atoms with Crippen LogP contribution in [0.2, 0.25) is 5.02 Å². The highest BCUT2D eigenvalue weighted by atomic mass is 35.5. The minimum absolute atomic E-state index is 0.0964. The van der Waals surface area contributed by atoms with Crippen molar-refractivity contribution < 1.29 is 4.39 Å². The van der Waals surface area contributed by atoms with Crippen LogP contribution in [-0.2, 0) is 0 Å². The standard InChI is InChI=1S/C12H14ClFN2/c1-12(2,7-15)8-16(3)9-4-5-11(14)10(13)6-9/h4-6H,8H2,1-3H3. The van der Waals surface area contributed by atoms with Crippen LogP contribution in [0.25, 0.3) is 0 Å². The van der Waals surface area contributed by atoms with Crippen LogP contribution in [-0.4, -0.2) is 13.6 Å². The van der Waals surface area contributed by atoms with Gasteiger partial charge in [-0.1, -0.05) is 11.6 Å². The predicted octanol–water partition coefficient (Wildman–Crippen LogP) is 3.47. The molecule has 16 heavy (non-hydrogen) atoms. The van der Waals surface area contributed by atoms with Crippen molar-refractivity contribution in [3.8, 4) is 6.07 Å². The van der Waals surface area contributed by atoms with Crippen LogP contribution >= 0.6 is 11.6 Å². The summed E-state index contributed by atoms with van der Waals surface area (Å²) < 4.78 is 13.0. The van der Waals surface area contributed by atoms with Gasteiger partial charge in [0.25, 0.3) is 0 Å². The SMILES string of the molecule is CN(CC(C)(C)C#N)c1ccc(F)c(Cl)c1. The van der Waals surface area contributed by atoms with Crippen molar-refractivity contribution in [2.45, 2.75) is 13.8 Å². The van der Waals surface area contributed by atoms with Gasteiger partial charge in [0.05, 0.1) is 16.5 Å². The molecule has 0 N–H and O–H groups in total. The molecule has 0 atom stereocenters. The van der Waals surface area contributed by atoms with Crippen molar-refractivity contribution >= 4 is 17.3 Å². The lowest BCUT2D eigenvalue weighted by atomic mass is 9.95. The monoisotopic (exact) mass is 240 g/mol. The summed E-state index contributed by atoms with van der Waals surface area (Å²) >= 11 is 5.70. The van der Waals surface area contributed by atoms with Crippen molar-refractivity contribution in [1.29, 1.82) is 5.26 Å². The first kappa shape index (κ1) is 12.8. The molecule has 86 valence electrons. The van der Waals surface area contributed by atoms with Crippen LogP contribution in [0.5, 0.6) is 0 Å². The summed E-state index contributed by atoms with van der Waals surface area (Å²) in [6.07, 6.45) is 0. The van der Waals surface area contributed by atoms with E-state index in [2.05, 4.69) is 6.07 Å². The summed E-state index contributed by atoms with van der Waals surface area (Å²) in [6.45, 7) is 4.27. The van der Waals surface area contributed by atoms with E-state index in [9.17, 15) is 4.39 Å². The van der Waals surface area contributed by atoms with E-state index < -0.39 is 11.2 Å². The average molecular weight is 241 g/mol. The van der Waals surface area contributed by atoms with Crippen molar-refractivity contribution in [3.63, 3.8) is 0 Å². The highest BCUT2D eigenvalue weighted by molar-refractivity contribution is 6.31. The molecule has 0 radical (unpaired) electrons. The summed E-state index contributed by atoms with van der Waals surface area (Å²) in [5, 5.41) is 9.02. The normalized spacial score (nSPS) is 11.0. The zero-order chi connectivity index (χ0) is 12.3. The molecule has 0 fully saturated rings. The van der Waals surface area contributed by atoms with Crippen molar-refractivity contribution in [2.24, 2.45) is 5.41 Å². The quantitative estimate of drug-likeness (QED) is 0.809. The second-order valence-electron chi connectivity index (χ2n) is 4.45. The second-order valence-corrected chi connectivity index (χ2v) is 4.86. The molecule has 4 heteroatoms. The molecule has 0 aliphatic heterocycles. The number of halogens is 2. The van der Waals surface area contributed by atoms with Crippen molar-refractivity contribution in [1.82, 2.24) is 0 Å². The van der Waals surface area contributed by atoms with E-state index >= 15 is 0 Å². The molecule has 2 nitrogen and oxygen atoms in total. The zero-order valence-electron chi connectivity index (χ0n) is 9.59. The van der Waals surface area contributed by atoms with Gasteiger partial charge in [-0.25, -0.2) is 4.39 Å². The van der Waals surface area contributed by atoms with E-state index in [1.165, 1.54) is 6.07 Å². The summed E-state index contributed by atoms with van der Waals surface area (Å²) in [5.41, 5.74) is 0.352. The maximum atomic E-state index is 13.0. The number of hydrogen-bond donors (Lipinski definition) is 0. The summed E-state index contributed by atoms with van der Waals surface area (Å²) in [6, 6.07) is 6.75. The number of nitrogens with zero attached hydrogens (tertiary/aromatic N) is 2. The van der Waals surface area contributed by atoms with Crippen LogP contribution in [0.4, 0.5) is 10.1 Å². The van der Waals surface area contributed by atoms with Crippen LogP contribution in [0.1, 0.15) is 13.8 Å². The van der Waals surface area contributed by atoms with Crippen LogP contribution < -0.4 is 4.90 Å². The number of benzene rings is 1. The van der Waals surface area contributed by atoms with E-state index in [0.717, 1.165) is 5.69 Å². The molecule has 0 amide bonds. The Bertz CT molecular complexity index is 424. The Hall–Kier alpha value is -1.27. The third-order valence-electron chi connectivity index (χ3n) is 2.28. The maximum Gasteiger partial charge on any atom is 0.141 e. The van der Waals surface area contributed by atoms with Gasteiger partial charge in [-0.3, -0.25) is 0 Å². The molecule has 0 aromatic heterocycles. The molecule has 1 rings (SSSR count). The van der Waals surface area contributed by atoms with Gasteiger partial charge in [0, 0.05) is 19.3 Å². The third-order valence-corrected chi connectivity index (χ3v) is 2.57. The highest BCUT2D eigenvalue weighted by Gasteiger charge is 2.19. The topological polar surface area (TPSA) is 27.0 Å². The molecule has 0 aliphatic carbocycles. The van der Waals surface area contributed by atoms with Crippen molar-refractivity contribution in [3.05, 3.63) is 29.0 Å². The predicted molar refractivity (Wildman–Crippen MR) is 64.1 cm³/mol. The lowest BCUT2D eigenvalue weighted by Gasteiger charge is -2.26. The minimum atomic E-state index is -0.449. The van der Waals surface area contributed by atoms with Gasteiger partial charge in [-0.05, 0) is 32.0 Å². The van der Waals surface area contributed by atoms with E-state index in [4.69, 9.17) is 16.9 Å². The molecule has 0 aliphatic rings. The Labute approximate surface area is 100 Å². The molecule has 0 saturated carbocycles. The molecule has 0 saturated heterocycles. The first-order valence-electron chi connectivity index (χ1n) is 4.93. The summed E-state index contributed by atoms with van der Waals surface area (Å²) in [7, 11) is 1.85. The highest BCUT2D eigenvalue weighted by Crippen LogP contribution is 2.24. The number of nitriles is 1. The fourth-order valence-corrected chi connectivity index (χ4v) is 1.62. The fraction of sp³-hybridized carbons (Fsp3) is 0.417. The zero-order valence-corrected chi connectivity index (χ0v) is 10.3. The average Bonchev–Trinajstić information content (AvgIpc) is 2.21. The Morgan fingerprint density at radius 3 is 2.62 bits per heavy atom. The van der Waals surface area contributed by atoms with E-state index in [-0.39, 0.29) is 5.02 Å². The lowest BCUT2D eigenvalue weighted by Crippen LogP contribution is -2.30. The van der Waals surface area contributed by atoms with Gasteiger partial charge < -0.3 is 4.90 Å². The van der Waals surface area contributed by atoms with Gasteiger partial charge in [0.1, 0.15) is 5.82 Å². The molecule has 1 aromatic carbocycles. The van der Waals surface area contributed by atoms with Gasteiger partial charge in [-0.2, -0.15) is 5.26 Å². The second kappa shape index (κ2) is 4.71. The number of anilines is 1. The minimum Gasteiger partial charge on any atom is -0.373 e. The van der Waals surface area contributed by atoms with Gasteiger partial charge in [0.15, 0.2) is 0 Å². The summed E-state index contributed by atoms with van der Waals surface area (Å²) in [5.74, 6) is -0.432. The molecule has 1 aromatic rings. The molecular formula is C12H14ClFN2. The van der Waals surface area contributed by atoms with E-state index in [1.807, 2.05) is 25.8 Å². The summed E-state index contributed by atoms with van der Waals surface area (Å²) in [4.78, 5) is 1.88. The Balaban J connectivity index is 2.86. The lowest BCUT2D eigenvalue weighted by molar-refractivity contribution is 0.497. The number of hydrogen-bond acceptors (Lipinski definition) is 2. The van der Waals surface area contributed by atoms with Gasteiger partial charge >= 0.3 is 0 Å². The first-order chi connectivity index (χ1) is 7.35. The van der Waals surface area contributed by atoms with Crippen LogP contribution in [0.15, 0.2) is 18.2 Å². The molecule has 0 unspecified atom stereocenters. The van der Waals surface area contributed by atoms with Crippen molar-refractivity contribution in [2.75, 3.05) is 18.5 Å². The molecular weight excluding hydrogens is 227 g/mol. The smallest absolute Gasteiger partial charge is 0.141 e. The Morgan fingerprint density at radius 2 is 2.12 bits per heavy atom. The Morgan fingerprint density at radius 1 is 1.50 bits per heavy atom. The first-order valence-corrected chi connectivity index (χ1v) is 5.31. The van der Waals surface area contributed by atoms with Gasteiger partial charge in [-0.15, -0.1) is 0 Å². The van der Waals surface area contributed by atoms with E-state index in [0.29, 0.717) is 6.54 Å². The molecule has 0 heterocycles. The maximum absolute atomic E-state index is 13.0. The number of rotatable bonds is 3. The van der Waals surface area contributed by atoms with E-state index in [1.54, 1.807) is 12.1 Å². The fourth-order valence-electron chi connectivity index (χ4n) is 1.44. The molecule has 0 bridgehead atoms. The van der Waals surface area contributed by atoms with Crippen LogP contribution in [0, 0.1) is 22.6 Å².